The zero-order valence-corrected chi connectivity index (χ0v) is 9.91. The van der Waals surface area contributed by atoms with Gasteiger partial charge in [-0.05, 0) is 40.9 Å². The number of carbonyl (C=O) groups is 2. The van der Waals surface area contributed by atoms with Crippen LogP contribution in [0, 0.1) is 5.41 Å². The lowest BCUT2D eigenvalue weighted by atomic mass is 10.1. The molecular weight excluding hydrogens is 278 g/mol. The lowest BCUT2D eigenvalue weighted by Gasteiger charge is -2.09. The predicted octanol–water partition coefficient (Wildman–Crippen LogP) is 1.64. The maximum absolute atomic E-state index is 11.5. The number of carbonyl (C=O) groups excluding carboxylic acids is 1. The number of hydrogen-bond acceptors (Lipinski definition) is 3. The minimum absolute atomic E-state index is 0.152. The Hall–Kier alpha value is -1.30. The third-order valence-electron chi connectivity index (χ3n) is 2.69. The first-order valence-corrected chi connectivity index (χ1v) is 5.60. The summed E-state index contributed by atoms with van der Waals surface area (Å²) in [6.07, 6.45) is 1.23. The van der Waals surface area contributed by atoms with Crippen molar-refractivity contribution in [1.29, 1.82) is 0 Å². The topological polar surface area (TPSA) is 79.5 Å². The van der Waals surface area contributed by atoms with Gasteiger partial charge in [-0.25, -0.2) is 0 Å². The highest BCUT2D eigenvalue weighted by molar-refractivity contribution is 9.10. The highest BCUT2D eigenvalue weighted by atomic mass is 79.9. The van der Waals surface area contributed by atoms with Crippen molar-refractivity contribution in [3.8, 4) is 0 Å². The Labute approximate surface area is 99.9 Å². The second-order valence-corrected chi connectivity index (χ2v) is 4.65. The monoisotopic (exact) mass is 287 g/mol. The molecule has 0 atom stereocenters. The number of furan rings is 1. The van der Waals surface area contributed by atoms with Crippen LogP contribution in [0.5, 0.6) is 0 Å². The van der Waals surface area contributed by atoms with E-state index in [-0.39, 0.29) is 12.3 Å². The van der Waals surface area contributed by atoms with Crippen LogP contribution >= 0.6 is 15.9 Å². The molecule has 6 heteroatoms. The van der Waals surface area contributed by atoms with Gasteiger partial charge >= 0.3 is 5.97 Å². The molecule has 0 bridgehead atoms. The van der Waals surface area contributed by atoms with Crippen molar-refractivity contribution in [1.82, 2.24) is 5.32 Å². The molecule has 0 spiro atoms. The molecule has 1 aromatic heterocycles. The van der Waals surface area contributed by atoms with Gasteiger partial charge in [-0.2, -0.15) is 0 Å². The Morgan fingerprint density at radius 2 is 2.19 bits per heavy atom. The maximum Gasteiger partial charge on any atom is 0.311 e. The number of aliphatic carboxylic acids is 1. The Morgan fingerprint density at radius 1 is 1.50 bits per heavy atom. The molecule has 1 fully saturated rings. The average Bonchev–Trinajstić information content (AvgIpc) is 2.92. The summed E-state index contributed by atoms with van der Waals surface area (Å²) in [4.78, 5) is 22.4. The van der Waals surface area contributed by atoms with E-state index in [1.54, 1.807) is 6.07 Å². The molecule has 2 N–H and O–H groups in total. The summed E-state index contributed by atoms with van der Waals surface area (Å²) in [6, 6.07) is 3.14. The first-order chi connectivity index (χ1) is 7.53. The van der Waals surface area contributed by atoms with Gasteiger partial charge in [-0.1, -0.05) is 0 Å². The fourth-order valence-corrected chi connectivity index (χ4v) is 1.70. The normalized spacial score (nSPS) is 16.8. The van der Waals surface area contributed by atoms with Crippen molar-refractivity contribution in [3.05, 3.63) is 22.6 Å². The summed E-state index contributed by atoms with van der Waals surface area (Å²) in [6.45, 7) is 0.152. The second kappa shape index (κ2) is 3.93. The quantitative estimate of drug-likeness (QED) is 0.882. The lowest BCUT2D eigenvalue weighted by molar-refractivity contribution is -0.143. The van der Waals surface area contributed by atoms with E-state index in [2.05, 4.69) is 21.2 Å². The first-order valence-electron chi connectivity index (χ1n) is 4.80. The number of amides is 1. The molecule has 1 amide bonds. The van der Waals surface area contributed by atoms with Crippen LogP contribution in [0.1, 0.15) is 23.4 Å². The first kappa shape index (κ1) is 11.2. The van der Waals surface area contributed by atoms with E-state index in [9.17, 15) is 9.59 Å². The van der Waals surface area contributed by atoms with E-state index in [1.165, 1.54) is 6.07 Å². The van der Waals surface area contributed by atoms with Gasteiger partial charge in [0, 0.05) is 6.54 Å². The van der Waals surface area contributed by atoms with E-state index in [4.69, 9.17) is 9.52 Å². The number of carboxylic acid groups (broad SMARTS) is 1. The second-order valence-electron chi connectivity index (χ2n) is 3.87. The van der Waals surface area contributed by atoms with Crippen LogP contribution in [-0.4, -0.2) is 23.5 Å². The maximum atomic E-state index is 11.5. The van der Waals surface area contributed by atoms with Gasteiger partial charge in [0.05, 0.1) is 5.41 Å². The smallest absolute Gasteiger partial charge is 0.311 e. The average molecular weight is 288 g/mol. The highest BCUT2D eigenvalue weighted by Gasteiger charge is 2.50. The van der Waals surface area contributed by atoms with Crippen LogP contribution in [0.2, 0.25) is 0 Å². The Balaban J connectivity index is 1.92. The highest BCUT2D eigenvalue weighted by Crippen LogP contribution is 2.45. The molecule has 0 saturated heterocycles. The largest absolute Gasteiger partial charge is 0.481 e. The van der Waals surface area contributed by atoms with E-state index in [1.807, 2.05) is 0 Å². The van der Waals surface area contributed by atoms with Crippen molar-refractivity contribution < 1.29 is 19.1 Å². The van der Waals surface area contributed by atoms with E-state index in [0.717, 1.165) is 0 Å². The van der Waals surface area contributed by atoms with Crippen LogP contribution in [-0.2, 0) is 4.79 Å². The summed E-state index contributed by atoms with van der Waals surface area (Å²) in [7, 11) is 0. The van der Waals surface area contributed by atoms with Gasteiger partial charge < -0.3 is 14.8 Å². The summed E-state index contributed by atoms with van der Waals surface area (Å²) in [5.74, 6) is -1.07. The zero-order chi connectivity index (χ0) is 11.8. The van der Waals surface area contributed by atoms with Crippen molar-refractivity contribution in [2.24, 2.45) is 5.41 Å². The Bertz CT molecular complexity index is 436. The molecule has 1 saturated carbocycles. The number of carboxylic acids is 1. The SMILES string of the molecule is O=C(NCC1(C(=O)O)CC1)c1ccc(Br)o1. The molecule has 16 heavy (non-hydrogen) atoms. The van der Waals surface area contributed by atoms with Crippen molar-refractivity contribution in [3.63, 3.8) is 0 Å². The molecule has 0 unspecified atom stereocenters. The van der Waals surface area contributed by atoms with Crippen molar-refractivity contribution in [2.45, 2.75) is 12.8 Å². The van der Waals surface area contributed by atoms with Crippen LogP contribution in [0.3, 0.4) is 0 Å². The third-order valence-corrected chi connectivity index (χ3v) is 3.12. The van der Waals surface area contributed by atoms with Crippen LogP contribution in [0.15, 0.2) is 21.2 Å². The fraction of sp³-hybridized carbons (Fsp3) is 0.400. The molecule has 5 nitrogen and oxygen atoms in total. The summed E-state index contributed by atoms with van der Waals surface area (Å²) >= 11 is 3.09. The molecule has 86 valence electrons. The van der Waals surface area contributed by atoms with Gasteiger partial charge in [-0.15, -0.1) is 0 Å². The molecule has 1 aromatic rings. The molecule has 0 radical (unpaired) electrons. The van der Waals surface area contributed by atoms with E-state index in [0.29, 0.717) is 17.5 Å². The predicted molar refractivity (Wildman–Crippen MR) is 58.0 cm³/mol. The molecule has 0 aliphatic heterocycles. The van der Waals surface area contributed by atoms with Gasteiger partial charge in [0.1, 0.15) is 0 Å². The molecule has 2 rings (SSSR count). The van der Waals surface area contributed by atoms with Crippen molar-refractivity contribution >= 4 is 27.8 Å². The standard InChI is InChI=1S/C10H10BrNO4/c11-7-2-1-6(16-7)8(13)12-5-10(3-4-10)9(14)15/h1-2H,3-5H2,(H,12,13)(H,14,15). The third kappa shape index (κ3) is 2.11. The molecule has 1 aliphatic carbocycles. The molecule has 1 heterocycles. The molecular formula is C10H10BrNO4. The fourth-order valence-electron chi connectivity index (χ4n) is 1.39. The lowest BCUT2D eigenvalue weighted by Crippen LogP contribution is -2.34. The van der Waals surface area contributed by atoms with Crippen molar-refractivity contribution in [2.75, 3.05) is 6.54 Å². The summed E-state index contributed by atoms with van der Waals surface area (Å²) in [5.41, 5.74) is -0.751. The van der Waals surface area contributed by atoms with Gasteiger partial charge in [0.2, 0.25) is 0 Å². The number of rotatable bonds is 4. The van der Waals surface area contributed by atoms with Gasteiger partial charge in [-0.3, -0.25) is 9.59 Å². The van der Waals surface area contributed by atoms with Crippen LogP contribution in [0.25, 0.3) is 0 Å². The molecule has 1 aliphatic rings. The number of nitrogens with one attached hydrogen (secondary N) is 1. The number of halogens is 1. The minimum atomic E-state index is -0.853. The minimum Gasteiger partial charge on any atom is -0.481 e. The Morgan fingerprint density at radius 3 is 2.62 bits per heavy atom. The van der Waals surface area contributed by atoms with Crippen LogP contribution in [0.4, 0.5) is 0 Å². The summed E-state index contributed by atoms with van der Waals surface area (Å²) in [5, 5.41) is 11.5. The molecule has 0 aromatic carbocycles. The zero-order valence-electron chi connectivity index (χ0n) is 8.33. The van der Waals surface area contributed by atoms with Gasteiger partial charge in [0.15, 0.2) is 10.4 Å². The van der Waals surface area contributed by atoms with E-state index >= 15 is 0 Å². The Kier molecular flexibility index (Phi) is 2.75. The number of hydrogen-bond donors (Lipinski definition) is 2. The van der Waals surface area contributed by atoms with Crippen LogP contribution < -0.4 is 5.32 Å². The van der Waals surface area contributed by atoms with Gasteiger partial charge in [0.25, 0.3) is 5.91 Å². The summed E-state index contributed by atoms with van der Waals surface area (Å²) < 4.78 is 5.52. The van der Waals surface area contributed by atoms with E-state index < -0.39 is 17.3 Å².